The number of benzene rings is 1. The summed E-state index contributed by atoms with van der Waals surface area (Å²) in [5.41, 5.74) is 7.09. The van der Waals surface area contributed by atoms with Crippen LogP contribution in [0, 0.1) is 0 Å². The predicted octanol–water partition coefficient (Wildman–Crippen LogP) is 3.31. The molecule has 1 aromatic carbocycles. The van der Waals surface area contributed by atoms with Crippen molar-refractivity contribution in [1.82, 2.24) is 0 Å². The Kier molecular flexibility index (Phi) is 6.37. The first-order valence-corrected chi connectivity index (χ1v) is 5.16. The molecule has 0 saturated heterocycles. The molecule has 0 unspecified atom stereocenters. The van der Waals surface area contributed by atoms with E-state index < -0.39 is 0 Å². The monoisotopic (exact) mass is 229 g/mol. The maximum Gasteiger partial charge on any atom is 0.124 e. The maximum atomic E-state index is 5.99. The standard InChI is InChI=1S/C12H19NO.ClH/c1-4-11(13)10-7-5-6-8-12(10)14-9(2)3;/h5-9,11H,4,13H2,1-3H3;1H/t11-;/m1./s1. The first kappa shape index (κ1) is 14.3. The van der Waals surface area contributed by atoms with Crippen LogP contribution in [0.15, 0.2) is 24.3 Å². The molecule has 0 aliphatic carbocycles. The third kappa shape index (κ3) is 4.10. The van der Waals surface area contributed by atoms with Crippen LogP contribution in [-0.2, 0) is 0 Å². The highest BCUT2D eigenvalue weighted by molar-refractivity contribution is 5.85. The third-order valence-corrected chi connectivity index (χ3v) is 2.12. The summed E-state index contributed by atoms with van der Waals surface area (Å²) in [5.74, 6) is 0.914. The topological polar surface area (TPSA) is 35.2 Å². The molecule has 0 bridgehead atoms. The van der Waals surface area contributed by atoms with E-state index >= 15 is 0 Å². The Morgan fingerprint density at radius 1 is 1.27 bits per heavy atom. The summed E-state index contributed by atoms with van der Waals surface area (Å²) in [7, 11) is 0. The van der Waals surface area contributed by atoms with Gasteiger partial charge in [-0.2, -0.15) is 0 Å². The van der Waals surface area contributed by atoms with E-state index in [0.29, 0.717) is 0 Å². The quantitative estimate of drug-likeness (QED) is 0.860. The van der Waals surface area contributed by atoms with Gasteiger partial charge in [-0.15, -0.1) is 12.4 Å². The molecule has 2 N–H and O–H groups in total. The van der Waals surface area contributed by atoms with Crippen molar-refractivity contribution in [2.45, 2.75) is 39.3 Å². The summed E-state index contributed by atoms with van der Waals surface area (Å²) in [5, 5.41) is 0. The fraction of sp³-hybridized carbons (Fsp3) is 0.500. The highest BCUT2D eigenvalue weighted by Crippen LogP contribution is 2.25. The number of nitrogens with two attached hydrogens (primary N) is 1. The van der Waals surface area contributed by atoms with Gasteiger partial charge in [0.25, 0.3) is 0 Å². The Hall–Kier alpha value is -0.730. The molecular formula is C12H20ClNO. The molecule has 0 aliphatic rings. The highest BCUT2D eigenvalue weighted by Gasteiger charge is 2.10. The van der Waals surface area contributed by atoms with E-state index in [1.807, 2.05) is 38.1 Å². The summed E-state index contributed by atoms with van der Waals surface area (Å²) < 4.78 is 5.69. The van der Waals surface area contributed by atoms with E-state index in [4.69, 9.17) is 10.5 Å². The molecule has 1 atom stereocenters. The average molecular weight is 230 g/mol. The van der Waals surface area contributed by atoms with Crippen molar-refractivity contribution in [3.63, 3.8) is 0 Å². The van der Waals surface area contributed by atoms with E-state index in [2.05, 4.69) is 6.92 Å². The lowest BCUT2D eigenvalue weighted by Gasteiger charge is -2.17. The minimum atomic E-state index is 0. The second kappa shape index (κ2) is 6.70. The molecule has 0 radical (unpaired) electrons. The van der Waals surface area contributed by atoms with Gasteiger partial charge in [0.15, 0.2) is 0 Å². The molecule has 86 valence electrons. The van der Waals surface area contributed by atoms with Crippen LogP contribution in [0.1, 0.15) is 38.8 Å². The Labute approximate surface area is 98.2 Å². The van der Waals surface area contributed by atoms with E-state index in [1.165, 1.54) is 0 Å². The van der Waals surface area contributed by atoms with E-state index in [1.54, 1.807) is 0 Å². The lowest BCUT2D eigenvalue weighted by atomic mass is 10.0. The molecule has 0 saturated carbocycles. The molecule has 0 amide bonds. The predicted molar refractivity (Wildman–Crippen MR) is 66.7 cm³/mol. The zero-order valence-electron chi connectivity index (χ0n) is 9.57. The van der Waals surface area contributed by atoms with Crippen LogP contribution < -0.4 is 10.5 Å². The van der Waals surface area contributed by atoms with Crippen molar-refractivity contribution in [2.75, 3.05) is 0 Å². The number of hydrogen-bond donors (Lipinski definition) is 1. The summed E-state index contributed by atoms with van der Waals surface area (Å²) in [6.45, 7) is 6.12. The van der Waals surface area contributed by atoms with E-state index in [0.717, 1.165) is 17.7 Å². The summed E-state index contributed by atoms with van der Waals surface area (Å²) in [6, 6.07) is 8.06. The van der Waals surface area contributed by atoms with Gasteiger partial charge in [0.1, 0.15) is 5.75 Å². The fourth-order valence-electron chi connectivity index (χ4n) is 1.37. The maximum absolute atomic E-state index is 5.99. The zero-order chi connectivity index (χ0) is 10.6. The van der Waals surface area contributed by atoms with Gasteiger partial charge in [-0.05, 0) is 26.3 Å². The normalized spacial score (nSPS) is 12.1. The highest BCUT2D eigenvalue weighted by atomic mass is 35.5. The molecule has 1 rings (SSSR count). The lowest BCUT2D eigenvalue weighted by molar-refractivity contribution is 0.238. The summed E-state index contributed by atoms with van der Waals surface area (Å²) in [6.07, 6.45) is 1.12. The molecule has 15 heavy (non-hydrogen) atoms. The molecule has 0 spiro atoms. The van der Waals surface area contributed by atoms with Gasteiger partial charge >= 0.3 is 0 Å². The number of halogens is 1. The minimum Gasteiger partial charge on any atom is -0.491 e. The van der Waals surface area contributed by atoms with E-state index in [9.17, 15) is 0 Å². The van der Waals surface area contributed by atoms with Gasteiger partial charge in [0.2, 0.25) is 0 Å². The molecule has 3 heteroatoms. The molecule has 0 aliphatic heterocycles. The molecule has 0 fully saturated rings. The number of ether oxygens (including phenoxy) is 1. The van der Waals surface area contributed by atoms with Crippen LogP contribution >= 0.6 is 12.4 Å². The lowest BCUT2D eigenvalue weighted by Crippen LogP contribution is -2.13. The average Bonchev–Trinajstić information content (AvgIpc) is 2.16. The largest absolute Gasteiger partial charge is 0.491 e. The van der Waals surface area contributed by atoms with E-state index in [-0.39, 0.29) is 24.6 Å². The van der Waals surface area contributed by atoms with Crippen LogP contribution in [0.2, 0.25) is 0 Å². The van der Waals surface area contributed by atoms with Crippen molar-refractivity contribution < 1.29 is 4.74 Å². The Morgan fingerprint density at radius 3 is 2.40 bits per heavy atom. The Bertz CT molecular complexity index is 289. The van der Waals surface area contributed by atoms with Crippen molar-refractivity contribution in [2.24, 2.45) is 5.73 Å². The van der Waals surface area contributed by atoms with Crippen LogP contribution in [0.3, 0.4) is 0 Å². The SMILES string of the molecule is CC[C@@H](N)c1ccccc1OC(C)C.Cl. The molecule has 1 aromatic rings. The second-order valence-corrected chi connectivity index (χ2v) is 3.72. The molecular weight excluding hydrogens is 210 g/mol. The van der Waals surface area contributed by atoms with Crippen LogP contribution in [0.4, 0.5) is 0 Å². The van der Waals surface area contributed by atoms with Gasteiger partial charge in [-0.3, -0.25) is 0 Å². The van der Waals surface area contributed by atoms with Crippen LogP contribution in [-0.4, -0.2) is 6.10 Å². The molecule has 0 heterocycles. The first-order chi connectivity index (χ1) is 6.65. The minimum absolute atomic E-state index is 0. The van der Waals surface area contributed by atoms with Gasteiger partial charge in [-0.25, -0.2) is 0 Å². The van der Waals surface area contributed by atoms with Gasteiger partial charge in [0.05, 0.1) is 6.10 Å². The smallest absolute Gasteiger partial charge is 0.124 e. The van der Waals surface area contributed by atoms with Crippen molar-refractivity contribution in [1.29, 1.82) is 0 Å². The fourth-order valence-corrected chi connectivity index (χ4v) is 1.37. The Morgan fingerprint density at radius 2 is 1.87 bits per heavy atom. The van der Waals surface area contributed by atoms with Crippen molar-refractivity contribution >= 4 is 12.4 Å². The molecule has 0 aromatic heterocycles. The van der Waals surface area contributed by atoms with Crippen LogP contribution in [0.25, 0.3) is 0 Å². The van der Waals surface area contributed by atoms with Crippen molar-refractivity contribution in [3.05, 3.63) is 29.8 Å². The zero-order valence-corrected chi connectivity index (χ0v) is 10.4. The number of para-hydroxylation sites is 1. The van der Waals surface area contributed by atoms with Gasteiger partial charge < -0.3 is 10.5 Å². The first-order valence-electron chi connectivity index (χ1n) is 5.16. The number of hydrogen-bond acceptors (Lipinski definition) is 2. The number of rotatable bonds is 4. The van der Waals surface area contributed by atoms with Gasteiger partial charge in [-0.1, -0.05) is 25.1 Å². The third-order valence-electron chi connectivity index (χ3n) is 2.12. The van der Waals surface area contributed by atoms with Crippen molar-refractivity contribution in [3.8, 4) is 5.75 Å². The van der Waals surface area contributed by atoms with Gasteiger partial charge in [0, 0.05) is 11.6 Å². The summed E-state index contributed by atoms with van der Waals surface area (Å²) >= 11 is 0. The second-order valence-electron chi connectivity index (χ2n) is 3.72. The molecule has 2 nitrogen and oxygen atoms in total. The summed E-state index contributed by atoms with van der Waals surface area (Å²) in [4.78, 5) is 0. The van der Waals surface area contributed by atoms with Crippen LogP contribution in [0.5, 0.6) is 5.75 Å². The Balaban J connectivity index is 0.00000196.